The lowest BCUT2D eigenvalue weighted by Gasteiger charge is -2.12. The number of nitrogens with zero attached hydrogens (tertiary/aromatic N) is 1. The standard InChI is InChI=1S/C18H32N2O/c1-5-6-7-8-9-10-11-21-18-13-16(14-19-4)12-17(20-18)15(2)3/h12-13,15,19H,5-11,14H2,1-4H3. The van der Waals surface area contributed by atoms with E-state index in [2.05, 4.69) is 43.2 Å². The van der Waals surface area contributed by atoms with E-state index in [1.54, 1.807) is 0 Å². The van der Waals surface area contributed by atoms with Crippen LogP contribution in [0.4, 0.5) is 0 Å². The molecule has 0 atom stereocenters. The normalized spacial score (nSPS) is 11.1. The summed E-state index contributed by atoms with van der Waals surface area (Å²) in [6.07, 6.45) is 7.71. The number of ether oxygens (including phenoxy) is 1. The quantitative estimate of drug-likeness (QED) is 0.602. The van der Waals surface area contributed by atoms with Crippen LogP contribution in [0.15, 0.2) is 12.1 Å². The molecule has 0 amide bonds. The molecule has 0 saturated heterocycles. The van der Waals surface area contributed by atoms with Crippen LogP contribution in [0.2, 0.25) is 0 Å². The van der Waals surface area contributed by atoms with Gasteiger partial charge in [-0.25, -0.2) is 4.98 Å². The van der Waals surface area contributed by atoms with Gasteiger partial charge in [0.15, 0.2) is 0 Å². The van der Waals surface area contributed by atoms with Crippen molar-refractivity contribution in [2.45, 2.75) is 71.8 Å². The fourth-order valence-corrected chi connectivity index (χ4v) is 2.32. The fourth-order valence-electron chi connectivity index (χ4n) is 2.32. The molecule has 3 heteroatoms. The minimum atomic E-state index is 0.429. The van der Waals surface area contributed by atoms with Crippen LogP contribution in [-0.2, 0) is 6.54 Å². The van der Waals surface area contributed by atoms with Gasteiger partial charge in [0, 0.05) is 18.3 Å². The molecule has 1 heterocycles. The highest BCUT2D eigenvalue weighted by Crippen LogP contribution is 2.19. The lowest BCUT2D eigenvalue weighted by Crippen LogP contribution is -2.08. The number of aromatic nitrogens is 1. The first-order chi connectivity index (χ1) is 10.2. The Morgan fingerprint density at radius 3 is 2.48 bits per heavy atom. The molecule has 0 aromatic carbocycles. The smallest absolute Gasteiger partial charge is 0.213 e. The van der Waals surface area contributed by atoms with E-state index >= 15 is 0 Å². The summed E-state index contributed by atoms with van der Waals surface area (Å²) >= 11 is 0. The monoisotopic (exact) mass is 292 g/mol. The van der Waals surface area contributed by atoms with Crippen molar-refractivity contribution < 1.29 is 4.74 Å². The number of pyridine rings is 1. The first-order valence-electron chi connectivity index (χ1n) is 8.45. The van der Waals surface area contributed by atoms with Gasteiger partial charge in [-0.3, -0.25) is 0 Å². The molecular formula is C18H32N2O. The van der Waals surface area contributed by atoms with Crippen molar-refractivity contribution in [1.29, 1.82) is 0 Å². The predicted molar refractivity (Wildman–Crippen MR) is 90.0 cm³/mol. The number of rotatable bonds is 11. The van der Waals surface area contributed by atoms with E-state index in [0.717, 1.165) is 31.1 Å². The highest BCUT2D eigenvalue weighted by Gasteiger charge is 2.07. The highest BCUT2D eigenvalue weighted by atomic mass is 16.5. The summed E-state index contributed by atoms with van der Waals surface area (Å²) in [5.41, 5.74) is 2.36. The van der Waals surface area contributed by atoms with Gasteiger partial charge in [-0.05, 0) is 31.0 Å². The van der Waals surface area contributed by atoms with E-state index in [-0.39, 0.29) is 0 Å². The van der Waals surface area contributed by atoms with Gasteiger partial charge in [-0.2, -0.15) is 0 Å². The molecule has 0 fully saturated rings. The molecule has 0 aliphatic carbocycles. The Kier molecular flexibility index (Phi) is 9.07. The molecule has 0 aliphatic rings. The Morgan fingerprint density at radius 2 is 1.81 bits per heavy atom. The van der Waals surface area contributed by atoms with Crippen LogP contribution < -0.4 is 10.1 Å². The third-order valence-corrected chi connectivity index (χ3v) is 3.60. The van der Waals surface area contributed by atoms with Gasteiger partial charge in [-0.15, -0.1) is 0 Å². The first kappa shape index (κ1) is 18.0. The second-order valence-electron chi connectivity index (χ2n) is 6.04. The number of hydrogen-bond acceptors (Lipinski definition) is 3. The molecule has 3 nitrogen and oxygen atoms in total. The van der Waals surface area contributed by atoms with Crippen LogP contribution in [-0.4, -0.2) is 18.6 Å². The summed E-state index contributed by atoms with van der Waals surface area (Å²) in [6.45, 7) is 8.22. The van der Waals surface area contributed by atoms with Crippen molar-refractivity contribution in [3.63, 3.8) is 0 Å². The molecule has 0 radical (unpaired) electrons. The largest absolute Gasteiger partial charge is 0.478 e. The van der Waals surface area contributed by atoms with Gasteiger partial charge < -0.3 is 10.1 Å². The summed E-state index contributed by atoms with van der Waals surface area (Å²) < 4.78 is 5.85. The van der Waals surface area contributed by atoms with E-state index < -0.39 is 0 Å². The molecule has 0 aliphatic heterocycles. The molecule has 1 aromatic heterocycles. The summed E-state index contributed by atoms with van der Waals surface area (Å²) in [7, 11) is 1.96. The maximum atomic E-state index is 5.85. The zero-order chi connectivity index (χ0) is 15.5. The summed E-state index contributed by atoms with van der Waals surface area (Å²) in [6, 6.07) is 4.22. The van der Waals surface area contributed by atoms with Crippen molar-refractivity contribution in [2.75, 3.05) is 13.7 Å². The predicted octanol–water partition coefficient (Wildman–Crippen LogP) is 4.66. The van der Waals surface area contributed by atoms with Gasteiger partial charge in [0.25, 0.3) is 0 Å². The third-order valence-electron chi connectivity index (χ3n) is 3.60. The van der Waals surface area contributed by atoms with Gasteiger partial charge in [0.1, 0.15) is 0 Å². The van der Waals surface area contributed by atoms with Crippen molar-refractivity contribution in [3.8, 4) is 5.88 Å². The average molecular weight is 292 g/mol. The molecule has 0 unspecified atom stereocenters. The summed E-state index contributed by atoms with van der Waals surface area (Å²) in [5.74, 6) is 1.21. The van der Waals surface area contributed by atoms with Gasteiger partial charge in [0.05, 0.1) is 6.61 Å². The van der Waals surface area contributed by atoms with Crippen LogP contribution in [0.3, 0.4) is 0 Å². The Hall–Kier alpha value is -1.09. The molecule has 1 rings (SSSR count). The summed E-state index contributed by atoms with van der Waals surface area (Å²) in [4.78, 5) is 4.61. The molecule has 1 aromatic rings. The van der Waals surface area contributed by atoms with Crippen LogP contribution in [0.25, 0.3) is 0 Å². The van der Waals surface area contributed by atoms with Gasteiger partial charge in [0.2, 0.25) is 5.88 Å². The zero-order valence-electron chi connectivity index (χ0n) is 14.2. The van der Waals surface area contributed by atoms with Crippen LogP contribution in [0.5, 0.6) is 5.88 Å². The van der Waals surface area contributed by atoms with Crippen molar-refractivity contribution in [3.05, 3.63) is 23.4 Å². The van der Waals surface area contributed by atoms with E-state index in [4.69, 9.17) is 4.74 Å². The second kappa shape index (κ2) is 10.6. The van der Waals surface area contributed by atoms with Gasteiger partial charge >= 0.3 is 0 Å². The first-order valence-corrected chi connectivity index (χ1v) is 8.45. The SMILES string of the molecule is CCCCCCCCOc1cc(CNC)cc(C(C)C)n1. The number of hydrogen-bond donors (Lipinski definition) is 1. The maximum Gasteiger partial charge on any atom is 0.213 e. The van der Waals surface area contributed by atoms with Crippen molar-refractivity contribution in [1.82, 2.24) is 10.3 Å². The molecule has 0 bridgehead atoms. The lowest BCUT2D eigenvalue weighted by atomic mass is 10.1. The highest BCUT2D eigenvalue weighted by molar-refractivity contribution is 5.26. The Bertz CT molecular complexity index is 391. The lowest BCUT2D eigenvalue weighted by molar-refractivity contribution is 0.291. The molecule has 21 heavy (non-hydrogen) atoms. The average Bonchev–Trinajstić information content (AvgIpc) is 2.46. The van der Waals surface area contributed by atoms with Gasteiger partial charge in [-0.1, -0.05) is 52.9 Å². The Morgan fingerprint density at radius 1 is 1.10 bits per heavy atom. The van der Waals surface area contributed by atoms with E-state index in [1.807, 2.05) is 7.05 Å². The minimum Gasteiger partial charge on any atom is -0.478 e. The topological polar surface area (TPSA) is 34.1 Å². The van der Waals surface area contributed by atoms with E-state index in [9.17, 15) is 0 Å². The fraction of sp³-hybridized carbons (Fsp3) is 0.722. The molecule has 120 valence electrons. The van der Waals surface area contributed by atoms with Crippen LogP contribution >= 0.6 is 0 Å². The minimum absolute atomic E-state index is 0.429. The van der Waals surface area contributed by atoms with Crippen LogP contribution in [0, 0.1) is 0 Å². The maximum absolute atomic E-state index is 5.85. The van der Waals surface area contributed by atoms with Crippen molar-refractivity contribution in [2.24, 2.45) is 0 Å². The molecular weight excluding hydrogens is 260 g/mol. The van der Waals surface area contributed by atoms with Crippen molar-refractivity contribution >= 4 is 0 Å². The molecule has 0 spiro atoms. The number of unbranched alkanes of at least 4 members (excludes halogenated alkanes) is 5. The van der Waals surface area contributed by atoms with E-state index in [1.165, 1.54) is 37.7 Å². The van der Waals surface area contributed by atoms with Crippen LogP contribution in [0.1, 0.15) is 76.5 Å². The molecule has 0 saturated carbocycles. The zero-order valence-corrected chi connectivity index (χ0v) is 14.2. The molecule has 1 N–H and O–H groups in total. The Labute approximate surface area is 130 Å². The van der Waals surface area contributed by atoms with E-state index in [0.29, 0.717) is 5.92 Å². The summed E-state index contributed by atoms with van der Waals surface area (Å²) in [5, 5.41) is 3.19. The Balaban J connectivity index is 2.42. The second-order valence-corrected chi connectivity index (χ2v) is 6.04. The third kappa shape index (κ3) is 7.47. The number of nitrogens with one attached hydrogen (secondary N) is 1.